The smallest absolute Gasteiger partial charge is 0.419 e. The Balaban J connectivity index is 1.37. The molecule has 1 saturated heterocycles. The van der Waals surface area contributed by atoms with Gasteiger partial charge in [-0.2, -0.15) is 0 Å². The van der Waals surface area contributed by atoms with Crippen molar-refractivity contribution >= 4 is 28.9 Å². The zero-order valence-electron chi connectivity index (χ0n) is 26.4. The minimum Gasteiger partial charge on any atom is -0.444 e. The predicted octanol–water partition coefficient (Wildman–Crippen LogP) is 6.63. The maximum Gasteiger partial charge on any atom is 0.419 e. The van der Waals surface area contributed by atoms with Crippen molar-refractivity contribution in [2.75, 3.05) is 6.54 Å². The third-order valence-electron chi connectivity index (χ3n) is 8.78. The molecule has 3 atom stereocenters. The number of ether oxygens (including phenoxy) is 4. The van der Waals surface area contributed by atoms with E-state index in [1.807, 2.05) is 24.3 Å². The molecule has 0 unspecified atom stereocenters. The molecular formula is C33H43FN2O7. The number of carbonyl (C=O) groups is 3. The quantitative estimate of drug-likeness (QED) is 0.381. The Morgan fingerprint density at radius 2 is 1.67 bits per heavy atom. The highest BCUT2D eigenvalue weighted by Crippen LogP contribution is 2.69. The van der Waals surface area contributed by atoms with Crippen molar-refractivity contribution in [2.45, 2.75) is 128 Å². The number of nitrogens with zero attached hydrogens (tertiary/aromatic N) is 2. The number of hydrogen-bond acceptors (Lipinski definition) is 7. The van der Waals surface area contributed by atoms with Crippen LogP contribution in [0.2, 0.25) is 0 Å². The Bertz CT molecular complexity index is 1480. The minimum absolute atomic E-state index is 0.000510. The van der Waals surface area contributed by atoms with Crippen LogP contribution < -0.4 is 0 Å². The first kappa shape index (κ1) is 30.1. The van der Waals surface area contributed by atoms with Crippen LogP contribution in [0.25, 0.3) is 10.9 Å². The molecule has 2 bridgehead atoms. The lowest BCUT2D eigenvalue weighted by atomic mass is 9.42. The number of alkyl halides is 1. The van der Waals surface area contributed by atoms with Gasteiger partial charge in [-0.1, -0.05) is 12.1 Å². The van der Waals surface area contributed by atoms with Crippen molar-refractivity contribution in [1.82, 2.24) is 9.47 Å². The van der Waals surface area contributed by atoms with Crippen LogP contribution in [0.4, 0.5) is 14.0 Å². The normalized spacial score (nSPS) is 30.9. The maximum atomic E-state index is 14.4. The number of Topliss-reactive ketones (excluding diaryl/α,β-unsaturated/α-hetero) is 1. The molecule has 1 aromatic carbocycles. The Morgan fingerprint density at radius 3 is 2.28 bits per heavy atom. The van der Waals surface area contributed by atoms with Crippen LogP contribution in [0.3, 0.4) is 0 Å². The average Bonchev–Trinajstić information content (AvgIpc) is 3.42. The average molecular weight is 599 g/mol. The number of rotatable bonds is 5. The molecule has 4 aliphatic carbocycles. The summed E-state index contributed by atoms with van der Waals surface area (Å²) in [5, 5.41) is 0.784. The van der Waals surface area contributed by atoms with Gasteiger partial charge < -0.3 is 23.8 Å². The van der Waals surface area contributed by atoms with E-state index in [1.165, 1.54) is 4.57 Å². The lowest BCUT2D eigenvalue weighted by Gasteiger charge is -2.66. The number of aromatic nitrogens is 1. The lowest BCUT2D eigenvalue weighted by Crippen LogP contribution is -2.68. The monoisotopic (exact) mass is 598 g/mol. The summed E-state index contributed by atoms with van der Waals surface area (Å²) in [6.07, 6.45) is -0.544. The van der Waals surface area contributed by atoms with Gasteiger partial charge in [-0.25, -0.2) is 18.5 Å². The van der Waals surface area contributed by atoms with Gasteiger partial charge in [-0.15, -0.1) is 0 Å². The molecule has 43 heavy (non-hydrogen) atoms. The molecule has 5 aliphatic rings. The molecule has 2 heterocycles. The van der Waals surface area contributed by atoms with Crippen LogP contribution >= 0.6 is 0 Å². The fraction of sp³-hybridized carbons (Fsp3) is 0.667. The molecule has 1 amide bonds. The SMILES string of the molecule is CC(C)(C)OC(=O)N(Cc1cc2ccc([C@H]3CC(=O)[C@@H]4OC(C)(C)O[C@H]34)cc2n1C(=O)OC(C)(C)C)CC12CC(F)(C1)C2. The van der Waals surface area contributed by atoms with E-state index in [1.54, 1.807) is 60.3 Å². The molecule has 2 aromatic rings. The van der Waals surface area contributed by atoms with E-state index >= 15 is 0 Å². The second kappa shape index (κ2) is 9.51. The number of fused-ring (bicyclic) bond motifs is 2. The molecule has 234 valence electrons. The Morgan fingerprint density at radius 1 is 1.02 bits per heavy atom. The first-order chi connectivity index (χ1) is 19.7. The van der Waals surface area contributed by atoms with Crippen LogP contribution in [-0.4, -0.2) is 68.8 Å². The first-order valence-electron chi connectivity index (χ1n) is 15.2. The van der Waals surface area contributed by atoms with Gasteiger partial charge in [0.2, 0.25) is 0 Å². The molecule has 4 saturated carbocycles. The van der Waals surface area contributed by atoms with Crippen molar-refractivity contribution < 1.29 is 37.7 Å². The summed E-state index contributed by atoms with van der Waals surface area (Å²) in [6.45, 7) is 14.8. The van der Waals surface area contributed by atoms with Crippen molar-refractivity contribution in [3.63, 3.8) is 0 Å². The van der Waals surface area contributed by atoms with E-state index in [0.29, 0.717) is 37.0 Å². The fourth-order valence-corrected chi connectivity index (χ4v) is 7.37. The zero-order chi connectivity index (χ0) is 31.3. The van der Waals surface area contributed by atoms with Gasteiger partial charge in [0.1, 0.15) is 29.1 Å². The molecule has 7 rings (SSSR count). The van der Waals surface area contributed by atoms with Gasteiger partial charge in [0.25, 0.3) is 0 Å². The molecule has 10 heteroatoms. The highest BCUT2D eigenvalue weighted by Gasteiger charge is 2.69. The van der Waals surface area contributed by atoms with Crippen LogP contribution in [0.1, 0.15) is 98.2 Å². The standard InChI is InChI=1S/C33H43FN2O7/c1-29(2,3)42-27(38)35(18-32-15-33(34,16-32)17-32)14-21-11-20-10-9-19(12-23(20)36(21)28(39)43-30(4,5)6)22-13-24(37)26-25(22)40-31(7,8)41-26/h9-12,22,25-26H,13-18H2,1-8H3/t22-,25-,26+,32?,33?/m1/s1. The summed E-state index contributed by atoms with van der Waals surface area (Å²) < 4.78 is 39.5. The van der Waals surface area contributed by atoms with Gasteiger partial charge >= 0.3 is 12.2 Å². The van der Waals surface area contributed by atoms with Gasteiger partial charge in [0, 0.05) is 30.0 Å². The van der Waals surface area contributed by atoms with Crippen LogP contribution in [0.5, 0.6) is 0 Å². The number of amides is 1. The van der Waals surface area contributed by atoms with Gasteiger partial charge in [-0.3, -0.25) is 4.79 Å². The number of carbonyl (C=O) groups excluding carboxylic acids is 3. The summed E-state index contributed by atoms with van der Waals surface area (Å²) in [7, 11) is 0. The molecule has 1 aromatic heterocycles. The number of halogens is 1. The first-order valence-corrected chi connectivity index (χ1v) is 15.2. The van der Waals surface area contributed by atoms with Crippen molar-refractivity contribution in [3.8, 4) is 0 Å². The predicted molar refractivity (Wildman–Crippen MR) is 157 cm³/mol. The van der Waals surface area contributed by atoms with Crippen molar-refractivity contribution in [3.05, 3.63) is 35.5 Å². The third-order valence-corrected chi connectivity index (χ3v) is 8.78. The largest absolute Gasteiger partial charge is 0.444 e. The van der Waals surface area contributed by atoms with Crippen molar-refractivity contribution in [2.24, 2.45) is 5.41 Å². The van der Waals surface area contributed by atoms with Crippen LogP contribution in [0, 0.1) is 5.41 Å². The van der Waals surface area contributed by atoms with E-state index in [2.05, 4.69) is 0 Å². The summed E-state index contributed by atoms with van der Waals surface area (Å²) in [5.41, 5.74) is -0.838. The number of ketones is 1. The molecule has 0 spiro atoms. The van der Waals surface area contributed by atoms with Gasteiger partial charge in [0.15, 0.2) is 11.6 Å². The zero-order valence-corrected chi connectivity index (χ0v) is 26.4. The van der Waals surface area contributed by atoms with E-state index in [0.717, 1.165) is 10.9 Å². The Hall–Kier alpha value is -2.98. The fourth-order valence-electron chi connectivity index (χ4n) is 7.37. The number of benzene rings is 1. The highest BCUT2D eigenvalue weighted by molar-refractivity contribution is 5.92. The summed E-state index contributed by atoms with van der Waals surface area (Å²) in [4.78, 5) is 41.6. The van der Waals surface area contributed by atoms with Crippen LogP contribution in [0.15, 0.2) is 24.3 Å². The topological polar surface area (TPSA) is 96.3 Å². The molecule has 0 N–H and O–H groups in total. The van der Waals surface area contributed by atoms with E-state index in [9.17, 15) is 18.8 Å². The van der Waals surface area contributed by atoms with Crippen LogP contribution in [-0.2, 0) is 30.3 Å². The summed E-state index contributed by atoms with van der Waals surface area (Å²) in [6, 6.07) is 7.65. The lowest BCUT2D eigenvalue weighted by molar-refractivity contribution is -0.220. The minimum atomic E-state index is -1.11. The summed E-state index contributed by atoms with van der Waals surface area (Å²) in [5.74, 6) is -1.09. The number of hydrogen-bond donors (Lipinski definition) is 0. The molecule has 9 nitrogen and oxygen atoms in total. The molecule has 1 aliphatic heterocycles. The Kier molecular flexibility index (Phi) is 6.65. The van der Waals surface area contributed by atoms with Gasteiger partial charge in [0.05, 0.1) is 12.1 Å². The second-order valence-electron chi connectivity index (χ2n) is 15.6. The van der Waals surface area contributed by atoms with E-state index in [4.69, 9.17) is 18.9 Å². The maximum absolute atomic E-state index is 14.4. The summed E-state index contributed by atoms with van der Waals surface area (Å²) >= 11 is 0. The molecule has 0 radical (unpaired) electrons. The Labute approximate surface area is 251 Å². The molecule has 5 fully saturated rings. The van der Waals surface area contributed by atoms with Crippen molar-refractivity contribution in [1.29, 1.82) is 0 Å². The second-order valence-corrected chi connectivity index (χ2v) is 15.6. The van der Waals surface area contributed by atoms with E-state index in [-0.39, 0.29) is 30.1 Å². The molecular weight excluding hydrogens is 555 g/mol. The highest BCUT2D eigenvalue weighted by atomic mass is 19.1. The van der Waals surface area contributed by atoms with Gasteiger partial charge in [-0.05, 0) is 97.8 Å². The third kappa shape index (κ3) is 5.68. The van der Waals surface area contributed by atoms with E-state index < -0.39 is 47.1 Å².